The number of hydrogen-bond donors (Lipinski definition) is 2. The smallest absolute Gasteiger partial charge is 0.328 e. The Hall–Kier alpha value is -2.16. The average Bonchev–Trinajstić information content (AvgIpc) is 3.27. The van der Waals surface area contributed by atoms with Gasteiger partial charge in [0.1, 0.15) is 0 Å². The molecule has 3 saturated heterocycles. The summed E-state index contributed by atoms with van der Waals surface area (Å²) in [6.45, 7) is 5.03. The van der Waals surface area contributed by atoms with Crippen LogP contribution in [0.15, 0.2) is 41.8 Å². The van der Waals surface area contributed by atoms with Gasteiger partial charge in [-0.15, -0.1) is 22.7 Å². The Morgan fingerprint density at radius 1 is 0.963 bits per heavy atom. The van der Waals surface area contributed by atoms with Crippen LogP contribution >= 0.6 is 22.7 Å². The Bertz CT molecular complexity index is 777. The molecule has 2 N–H and O–H groups in total. The zero-order chi connectivity index (χ0) is 19.2. The van der Waals surface area contributed by atoms with Gasteiger partial charge in [0.2, 0.25) is 0 Å². The fourth-order valence-corrected chi connectivity index (χ4v) is 5.29. The number of anilines is 1. The van der Waals surface area contributed by atoms with Crippen molar-refractivity contribution in [3.05, 3.63) is 41.8 Å². The lowest BCUT2D eigenvalue weighted by Gasteiger charge is -2.31. The van der Waals surface area contributed by atoms with Crippen LogP contribution in [0, 0.1) is 0 Å². The SMILES string of the molecule is O=C(O)/C=C/C(=O)O.c1csc(-c2ccc(N3CCN4CCC3CC4)s2)c1. The van der Waals surface area contributed by atoms with E-state index in [1.54, 1.807) is 0 Å². The van der Waals surface area contributed by atoms with Gasteiger partial charge in [-0.2, -0.15) is 0 Å². The van der Waals surface area contributed by atoms with Crippen LogP contribution in [0.4, 0.5) is 5.00 Å². The minimum Gasteiger partial charge on any atom is -0.478 e. The molecule has 0 aliphatic carbocycles. The molecule has 5 heterocycles. The number of piperidine rings is 1. The fraction of sp³-hybridized carbons (Fsp3) is 0.368. The quantitative estimate of drug-likeness (QED) is 0.757. The lowest BCUT2D eigenvalue weighted by molar-refractivity contribution is -0.134. The first kappa shape index (κ1) is 19.6. The molecule has 0 saturated carbocycles. The second-order valence-electron chi connectivity index (χ2n) is 6.39. The molecule has 6 nitrogen and oxygen atoms in total. The van der Waals surface area contributed by atoms with E-state index in [0.29, 0.717) is 12.2 Å². The van der Waals surface area contributed by atoms with Crippen LogP contribution in [0.5, 0.6) is 0 Å². The number of carboxylic acid groups (broad SMARTS) is 2. The van der Waals surface area contributed by atoms with Gasteiger partial charge >= 0.3 is 11.9 Å². The number of carbonyl (C=O) groups is 2. The summed E-state index contributed by atoms with van der Waals surface area (Å²) in [6.07, 6.45) is 3.79. The first-order valence-corrected chi connectivity index (χ1v) is 10.5. The maximum atomic E-state index is 9.55. The lowest BCUT2D eigenvalue weighted by Crippen LogP contribution is -2.37. The van der Waals surface area contributed by atoms with Crippen LogP contribution in [0.2, 0.25) is 0 Å². The van der Waals surface area contributed by atoms with E-state index in [9.17, 15) is 9.59 Å². The topological polar surface area (TPSA) is 81.1 Å². The molecule has 27 heavy (non-hydrogen) atoms. The predicted molar refractivity (Wildman–Crippen MR) is 109 cm³/mol. The van der Waals surface area contributed by atoms with Gasteiger partial charge in [0, 0.05) is 54.1 Å². The monoisotopic (exact) mass is 406 g/mol. The van der Waals surface area contributed by atoms with Gasteiger partial charge in [0.15, 0.2) is 0 Å². The molecule has 2 bridgehead atoms. The molecule has 3 aliphatic heterocycles. The molecule has 0 spiro atoms. The van der Waals surface area contributed by atoms with Gasteiger partial charge < -0.3 is 20.0 Å². The van der Waals surface area contributed by atoms with Crippen molar-refractivity contribution in [1.29, 1.82) is 0 Å². The summed E-state index contributed by atoms with van der Waals surface area (Å²) >= 11 is 3.80. The molecule has 2 aromatic rings. The maximum absolute atomic E-state index is 9.55. The van der Waals surface area contributed by atoms with Crippen molar-refractivity contribution in [1.82, 2.24) is 4.90 Å². The normalized spacial score (nSPS) is 21.6. The Morgan fingerprint density at radius 2 is 1.67 bits per heavy atom. The number of nitrogens with zero attached hydrogens (tertiary/aromatic N) is 2. The summed E-state index contributed by atoms with van der Waals surface area (Å²) in [5.41, 5.74) is 0. The van der Waals surface area contributed by atoms with Crippen LogP contribution in [0.25, 0.3) is 9.75 Å². The summed E-state index contributed by atoms with van der Waals surface area (Å²) in [4.78, 5) is 27.2. The van der Waals surface area contributed by atoms with Crippen molar-refractivity contribution >= 4 is 39.6 Å². The highest BCUT2D eigenvalue weighted by Gasteiger charge is 2.29. The van der Waals surface area contributed by atoms with E-state index < -0.39 is 11.9 Å². The molecule has 0 atom stereocenters. The molecular weight excluding hydrogens is 384 g/mol. The van der Waals surface area contributed by atoms with Crippen LogP contribution in [0.1, 0.15) is 12.8 Å². The van der Waals surface area contributed by atoms with E-state index in [-0.39, 0.29) is 0 Å². The number of rotatable bonds is 4. The third kappa shape index (κ3) is 5.41. The van der Waals surface area contributed by atoms with Gasteiger partial charge in [-0.3, -0.25) is 0 Å². The summed E-state index contributed by atoms with van der Waals surface area (Å²) in [7, 11) is 0. The molecular formula is C19H22N2O4S2. The summed E-state index contributed by atoms with van der Waals surface area (Å²) in [5, 5.41) is 19.3. The van der Waals surface area contributed by atoms with Crippen molar-refractivity contribution in [2.45, 2.75) is 18.9 Å². The Morgan fingerprint density at radius 3 is 2.26 bits per heavy atom. The molecule has 5 rings (SSSR count). The molecule has 8 heteroatoms. The van der Waals surface area contributed by atoms with Gasteiger partial charge in [-0.05, 0) is 36.4 Å². The average molecular weight is 407 g/mol. The van der Waals surface area contributed by atoms with Gasteiger partial charge in [-0.1, -0.05) is 6.07 Å². The minimum atomic E-state index is -1.26. The molecule has 0 amide bonds. The van der Waals surface area contributed by atoms with Crippen molar-refractivity contribution in [2.75, 3.05) is 31.1 Å². The highest BCUT2D eigenvalue weighted by Crippen LogP contribution is 2.38. The molecule has 144 valence electrons. The summed E-state index contributed by atoms with van der Waals surface area (Å²) < 4.78 is 0. The number of aliphatic carboxylic acids is 2. The second kappa shape index (κ2) is 9.16. The van der Waals surface area contributed by atoms with E-state index in [1.165, 1.54) is 53.8 Å². The molecule has 0 aromatic carbocycles. The number of thiophene rings is 2. The maximum Gasteiger partial charge on any atom is 0.328 e. The first-order chi connectivity index (χ1) is 13.0. The van der Waals surface area contributed by atoms with E-state index in [0.717, 1.165) is 6.04 Å². The highest BCUT2D eigenvalue weighted by molar-refractivity contribution is 7.23. The van der Waals surface area contributed by atoms with Crippen molar-refractivity contribution < 1.29 is 19.8 Å². The van der Waals surface area contributed by atoms with Gasteiger partial charge in [0.05, 0.1) is 5.00 Å². The zero-order valence-corrected chi connectivity index (χ0v) is 16.4. The lowest BCUT2D eigenvalue weighted by atomic mass is 10.1. The van der Waals surface area contributed by atoms with Crippen LogP contribution in [0.3, 0.4) is 0 Å². The predicted octanol–water partition coefficient (Wildman–Crippen LogP) is 3.47. The standard InChI is InChI=1S/C15H18N2S2.C4H4O4/c1-2-13(18-11-1)14-3-4-15(19-14)17-10-9-16-7-5-12(17)6-8-16;5-3(6)1-2-4(7)8/h1-4,11-12H,5-10H2;1-2H,(H,5,6)(H,7,8)/b;2-1+. The van der Waals surface area contributed by atoms with E-state index in [4.69, 9.17) is 10.2 Å². The number of hydrogen-bond acceptors (Lipinski definition) is 6. The Balaban J connectivity index is 0.000000226. The van der Waals surface area contributed by atoms with Crippen molar-refractivity contribution in [2.24, 2.45) is 0 Å². The van der Waals surface area contributed by atoms with E-state index >= 15 is 0 Å². The second-order valence-corrected chi connectivity index (χ2v) is 8.40. The number of carboxylic acids is 2. The first-order valence-electron chi connectivity index (χ1n) is 8.79. The number of fused-ring (bicyclic) bond motifs is 4. The Kier molecular flexibility index (Phi) is 6.65. The molecule has 3 fully saturated rings. The zero-order valence-electron chi connectivity index (χ0n) is 14.8. The van der Waals surface area contributed by atoms with Crippen LogP contribution in [-0.4, -0.2) is 59.3 Å². The highest BCUT2D eigenvalue weighted by atomic mass is 32.1. The third-order valence-corrected chi connectivity index (χ3v) is 6.85. The largest absolute Gasteiger partial charge is 0.478 e. The van der Waals surface area contributed by atoms with E-state index in [2.05, 4.69) is 39.4 Å². The van der Waals surface area contributed by atoms with Crippen molar-refractivity contribution in [3.63, 3.8) is 0 Å². The molecule has 0 unspecified atom stereocenters. The van der Waals surface area contributed by atoms with Gasteiger partial charge in [-0.25, -0.2) is 9.59 Å². The minimum absolute atomic E-state index is 0.558. The van der Waals surface area contributed by atoms with E-state index in [1.807, 2.05) is 22.7 Å². The summed E-state index contributed by atoms with van der Waals surface area (Å²) in [6, 6.07) is 9.76. The van der Waals surface area contributed by atoms with Crippen LogP contribution < -0.4 is 4.90 Å². The molecule has 3 aliphatic rings. The molecule has 2 aromatic heterocycles. The van der Waals surface area contributed by atoms with Gasteiger partial charge in [0.25, 0.3) is 0 Å². The van der Waals surface area contributed by atoms with Crippen LogP contribution in [-0.2, 0) is 9.59 Å². The summed E-state index contributed by atoms with van der Waals surface area (Å²) in [5.74, 6) is -2.51. The Labute approximate surface area is 166 Å². The third-order valence-electron chi connectivity index (χ3n) is 4.66. The fourth-order valence-electron chi connectivity index (χ4n) is 3.35. The molecule has 0 radical (unpaired) electrons. The van der Waals surface area contributed by atoms with Crippen molar-refractivity contribution in [3.8, 4) is 9.75 Å².